The first kappa shape index (κ1) is 18.7. The first-order valence-electron chi connectivity index (χ1n) is 9.04. The lowest BCUT2D eigenvalue weighted by molar-refractivity contribution is 0.0705. The second kappa shape index (κ2) is 9.03. The number of rotatable bonds is 4. The van der Waals surface area contributed by atoms with E-state index < -0.39 is 0 Å². The van der Waals surface area contributed by atoms with Crippen LogP contribution in [0.5, 0.6) is 5.75 Å². The van der Waals surface area contributed by atoms with Crippen LogP contribution in [0.1, 0.15) is 36.5 Å². The van der Waals surface area contributed by atoms with Crippen molar-refractivity contribution in [1.82, 2.24) is 10.2 Å². The Morgan fingerprint density at radius 1 is 1.42 bits per heavy atom. The van der Waals surface area contributed by atoms with Gasteiger partial charge in [-0.2, -0.15) is 0 Å². The largest absolute Gasteiger partial charge is 0.493 e. The summed E-state index contributed by atoms with van der Waals surface area (Å²) in [6, 6.07) is 7.58. The molecule has 1 aromatic carbocycles. The summed E-state index contributed by atoms with van der Waals surface area (Å²) < 4.78 is 6.61. The molecule has 6 heteroatoms. The first-order valence-corrected chi connectivity index (χ1v) is 9.83. The summed E-state index contributed by atoms with van der Waals surface area (Å²) >= 11 is 3.46. The number of ether oxygens (including phenoxy) is 1. The highest BCUT2D eigenvalue weighted by atomic mass is 79.9. The number of allylic oxidation sites excluding steroid dienone is 2. The Bertz CT molecular complexity index is 742. The Labute approximate surface area is 162 Å². The number of halogens is 1. The second-order valence-electron chi connectivity index (χ2n) is 6.33. The number of para-hydroxylation sites is 1. The van der Waals surface area contributed by atoms with Crippen molar-refractivity contribution in [3.05, 3.63) is 52.7 Å². The molecule has 2 heterocycles. The number of amides is 1. The van der Waals surface area contributed by atoms with Gasteiger partial charge in [0.15, 0.2) is 0 Å². The van der Waals surface area contributed by atoms with Crippen LogP contribution in [0.25, 0.3) is 0 Å². The predicted octanol–water partition coefficient (Wildman–Crippen LogP) is 3.87. The van der Waals surface area contributed by atoms with Crippen molar-refractivity contribution < 1.29 is 9.53 Å². The van der Waals surface area contributed by atoms with Crippen molar-refractivity contribution in [3.8, 4) is 5.75 Å². The fraction of sp³-hybridized carbons (Fsp3) is 0.400. The van der Waals surface area contributed by atoms with Crippen LogP contribution in [0.3, 0.4) is 0 Å². The van der Waals surface area contributed by atoms with Crippen LogP contribution in [0, 0.1) is 0 Å². The number of hydrogen-bond donors (Lipinski definition) is 1. The number of nitrogens with zero attached hydrogens (tertiary/aromatic N) is 2. The molecule has 0 spiro atoms. The molecule has 0 aromatic heterocycles. The van der Waals surface area contributed by atoms with Crippen LogP contribution in [-0.4, -0.2) is 42.4 Å². The molecule has 2 aliphatic heterocycles. The second-order valence-corrected chi connectivity index (χ2v) is 7.25. The topological polar surface area (TPSA) is 53.9 Å². The standard InChI is InChI=1S/C20H24BrN3O2/c1-2-26-18-10-4-3-9-17(18)20(25)24-12-6-8-16(14-24)23-19-11-5-7-15(21)13-22-19/h3-5,7,9-10,13,16H,2,6,8,11-12,14H2,1H3,(H,22,23)/t16-/m1/s1. The molecule has 0 bridgehead atoms. The Morgan fingerprint density at radius 2 is 2.27 bits per heavy atom. The third kappa shape index (κ3) is 4.75. The highest BCUT2D eigenvalue weighted by Crippen LogP contribution is 2.23. The van der Waals surface area contributed by atoms with Crippen LogP contribution < -0.4 is 10.1 Å². The van der Waals surface area contributed by atoms with E-state index in [0.717, 1.165) is 36.1 Å². The zero-order valence-corrected chi connectivity index (χ0v) is 16.5. The van der Waals surface area contributed by atoms with Gasteiger partial charge in [-0.25, -0.2) is 0 Å². The SMILES string of the molecule is CCOc1ccccc1C(=O)N1CCC[C@@H](N=C2CC=CC(Br)=CN2)C1. The fourth-order valence-corrected chi connectivity index (χ4v) is 3.49. The van der Waals surface area contributed by atoms with Gasteiger partial charge in [-0.1, -0.05) is 24.3 Å². The van der Waals surface area contributed by atoms with Crippen molar-refractivity contribution >= 4 is 27.7 Å². The van der Waals surface area contributed by atoms with E-state index in [4.69, 9.17) is 9.73 Å². The van der Waals surface area contributed by atoms with Crippen molar-refractivity contribution in [2.45, 2.75) is 32.2 Å². The van der Waals surface area contributed by atoms with Gasteiger partial charge in [0, 0.05) is 30.2 Å². The van der Waals surface area contributed by atoms with Crippen LogP contribution in [0.15, 0.2) is 52.1 Å². The molecule has 1 N–H and O–H groups in total. The smallest absolute Gasteiger partial charge is 0.257 e. The molecule has 0 aliphatic carbocycles. The molecule has 138 valence electrons. The summed E-state index contributed by atoms with van der Waals surface area (Å²) in [6.45, 7) is 3.87. The summed E-state index contributed by atoms with van der Waals surface area (Å²) in [5, 5.41) is 3.24. The van der Waals surface area contributed by atoms with Crippen LogP contribution >= 0.6 is 15.9 Å². The third-order valence-corrected chi connectivity index (χ3v) is 4.90. The first-order chi connectivity index (χ1) is 12.7. The van der Waals surface area contributed by atoms with Crippen molar-refractivity contribution in [3.63, 3.8) is 0 Å². The molecule has 0 radical (unpaired) electrons. The van der Waals surface area contributed by atoms with Gasteiger partial charge in [0.1, 0.15) is 11.6 Å². The van der Waals surface area contributed by atoms with Gasteiger partial charge in [0.25, 0.3) is 5.91 Å². The highest BCUT2D eigenvalue weighted by Gasteiger charge is 2.26. The number of aliphatic imine (C=N–C) groups is 1. The van der Waals surface area contributed by atoms with Gasteiger partial charge in [0.05, 0.1) is 18.2 Å². The third-order valence-electron chi connectivity index (χ3n) is 4.40. The van der Waals surface area contributed by atoms with Crippen molar-refractivity contribution in [2.75, 3.05) is 19.7 Å². The Balaban J connectivity index is 1.70. The number of amidine groups is 1. The lowest BCUT2D eigenvalue weighted by Gasteiger charge is -2.31. The number of likely N-dealkylation sites (tertiary alicyclic amines) is 1. The Morgan fingerprint density at radius 3 is 3.12 bits per heavy atom. The number of piperidine rings is 1. The molecule has 0 unspecified atom stereocenters. The molecule has 1 saturated heterocycles. The predicted molar refractivity (Wildman–Crippen MR) is 108 cm³/mol. The number of carbonyl (C=O) groups is 1. The van der Waals surface area contributed by atoms with Gasteiger partial charge >= 0.3 is 0 Å². The maximum Gasteiger partial charge on any atom is 0.257 e. The average Bonchev–Trinajstić information content (AvgIpc) is 2.86. The number of nitrogens with one attached hydrogen (secondary N) is 1. The fourth-order valence-electron chi connectivity index (χ4n) is 3.19. The van der Waals surface area contributed by atoms with Crippen LogP contribution in [0.4, 0.5) is 0 Å². The van der Waals surface area contributed by atoms with E-state index in [-0.39, 0.29) is 11.9 Å². The monoisotopic (exact) mass is 417 g/mol. The molecule has 0 saturated carbocycles. The molecular weight excluding hydrogens is 394 g/mol. The van der Waals surface area contributed by atoms with Crippen LogP contribution in [-0.2, 0) is 0 Å². The molecule has 2 aliphatic rings. The van der Waals surface area contributed by atoms with Gasteiger partial charge in [-0.05, 0) is 47.8 Å². The minimum Gasteiger partial charge on any atom is -0.493 e. The van der Waals surface area contributed by atoms with Gasteiger partial charge in [-0.15, -0.1) is 0 Å². The molecule has 1 atom stereocenters. The minimum atomic E-state index is 0.0234. The molecular formula is C20H24BrN3O2. The summed E-state index contributed by atoms with van der Waals surface area (Å²) in [6.07, 6.45) is 8.70. The number of benzene rings is 1. The zero-order chi connectivity index (χ0) is 18.4. The Hall–Kier alpha value is -2.08. The molecule has 5 nitrogen and oxygen atoms in total. The molecule has 26 heavy (non-hydrogen) atoms. The maximum atomic E-state index is 13.0. The van der Waals surface area contributed by atoms with Gasteiger partial charge < -0.3 is 15.0 Å². The average molecular weight is 418 g/mol. The number of carbonyl (C=O) groups excluding carboxylic acids is 1. The summed E-state index contributed by atoms with van der Waals surface area (Å²) in [7, 11) is 0. The van der Waals surface area contributed by atoms with E-state index in [2.05, 4.69) is 27.3 Å². The Kier molecular flexibility index (Phi) is 6.50. The zero-order valence-electron chi connectivity index (χ0n) is 15.0. The summed E-state index contributed by atoms with van der Waals surface area (Å²) in [4.78, 5) is 19.7. The molecule has 1 fully saturated rings. The summed E-state index contributed by atoms with van der Waals surface area (Å²) in [5.74, 6) is 1.61. The van der Waals surface area contributed by atoms with E-state index in [0.29, 0.717) is 24.5 Å². The highest BCUT2D eigenvalue weighted by molar-refractivity contribution is 9.11. The number of hydrogen-bond acceptors (Lipinski definition) is 3. The van der Waals surface area contributed by atoms with E-state index >= 15 is 0 Å². The van der Waals surface area contributed by atoms with E-state index in [9.17, 15) is 4.79 Å². The maximum absolute atomic E-state index is 13.0. The van der Waals surface area contributed by atoms with E-state index in [1.807, 2.05) is 48.4 Å². The summed E-state index contributed by atoms with van der Waals surface area (Å²) in [5.41, 5.74) is 0.630. The molecule has 3 rings (SSSR count). The van der Waals surface area contributed by atoms with E-state index in [1.54, 1.807) is 0 Å². The quantitative estimate of drug-likeness (QED) is 0.808. The molecule has 1 amide bonds. The molecule has 1 aromatic rings. The van der Waals surface area contributed by atoms with E-state index in [1.165, 1.54) is 0 Å². The normalized spacial score (nSPS) is 21.8. The van der Waals surface area contributed by atoms with Gasteiger partial charge in [0.2, 0.25) is 0 Å². The lowest BCUT2D eigenvalue weighted by atomic mass is 10.0. The van der Waals surface area contributed by atoms with Crippen molar-refractivity contribution in [1.29, 1.82) is 0 Å². The van der Waals surface area contributed by atoms with Crippen molar-refractivity contribution in [2.24, 2.45) is 4.99 Å². The van der Waals surface area contributed by atoms with Gasteiger partial charge in [-0.3, -0.25) is 9.79 Å². The lowest BCUT2D eigenvalue weighted by Crippen LogP contribution is -2.42. The minimum absolute atomic E-state index is 0.0234. The van der Waals surface area contributed by atoms with Crippen LogP contribution in [0.2, 0.25) is 0 Å².